The zero-order chi connectivity index (χ0) is 25.9. The van der Waals surface area contributed by atoms with Gasteiger partial charge in [-0.25, -0.2) is 10.2 Å². The normalized spacial score (nSPS) is 13.3. The molecule has 12 nitrogen and oxygen atoms in total. The van der Waals surface area contributed by atoms with E-state index < -0.39 is 5.97 Å². The van der Waals surface area contributed by atoms with Crippen molar-refractivity contribution in [2.24, 2.45) is 5.10 Å². The number of rotatable bonds is 11. The summed E-state index contributed by atoms with van der Waals surface area (Å²) in [4.78, 5) is 27.2. The van der Waals surface area contributed by atoms with Gasteiger partial charge in [-0.1, -0.05) is 18.2 Å². The molecule has 12 heteroatoms. The van der Waals surface area contributed by atoms with Gasteiger partial charge in [0.05, 0.1) is 33.1 Å². The average molecular weight is 508 g/mol. The van der Waals surface area contributed by atoms with E-state index in [1.807, 2.05) is 35.2 Å². The summed E-state index contributed by atoms with van der Waals surface area (Å²) in [5.74, 6) is 1.60. The van der Waals surface area contributed by atoms with Gasteiger partial charge in [0.1, 0.15) is 0 Å². The predicted molar refractivity (Wildman–Crippen MR) is 139 cm³/mol. The minimum Gasteiger partial charge on any atom is -0.493 e. The van der Waals surface area contributed by atoms with Crippen LogP contribution in [0, 0.1) is 0 Å². The Bertz CT molecular complexity index is 1200. The van der Waals surface area contributed by atoms with Crippen molar-refractivity contribution in [3.05, 3.63) is 54.1 Å². The third-order valence-corrected chi connectivity index (χ3v) is 5.16. The molecule has 0 radical (unpaired) electrons. The van der Waals surface area contributed by atoms with Crippen molar-refractivity contribution in [1.29, 1.82) is 0 Å². The van der Waals surface area contributed by atoms with E-state index in [-0.39, 0.29) is 19.2 Å². The first-order valence-corrected chi connectivity index (χ1v) is 11.8. The molecule has 0 aliphatic carbocycles. The number of aromatic nitrogens is 3. The number of nitrogens with zero attached hydrogens (tertiary/aromatic N) is 5. The molecule has 194 valence electrons. The summed E-state index contributed by atoms with van der Waals surface area (Å²) >= 11 is 0. The molecule has 2 aromatic carbocycles. The van der Waals surface area contributed by atoms with Crippen LogP contribution in [0.5, 0.6) is 11.5 Å². The minimum atomic E-state index is -0.462. The van der Waals surface area contributed by atoms with Crippen molar-refractivity contribution in [3.8, 4) is 11.5 Å². The van der Waals surface area contributed by atoms with E-state index in [1.165, 1.54) is 7.11 Å². The Hall–Kier alpha value is -4.45. The lowest BCUT2D eigenvalue weighted by atomic mass is 10.2. The number of carbonyl (C=O) groups is 1. The monoisotopic (exact) mass is 507 g/mol. The van der Waals surface area contributed by atoms with Crippen molar-refractivity contribution in [3.63, 3.8) is 0 Å². The molecular weight excluding hydrogens is 478 g/mol. The van der Waals surface area contributed by atoms with Gasteiger partial charge in [-0.3, -0.25) is 0 Å². The molecular formula is C25H29N7O5. The van der Waals surface area contributed by atoms with E-state index in [0.717, 1.165) is 5.69 Å². The first kappa shape index (κ1) is 25.6. The van der Waals surface area contributed by atoms with Crippen LogP contribution in [0.1, 0.15) is 12.5 Å². The van der Waals surface area contributed by atoms with Gasteiger partial charge >= 0.3 is 5.97 Å². The Balaban J connectivity index is 1.50. The summed E-state index contributed by atoms with van der Waals surface area (Å²) in [6.45, 7) is 4.35. The van der Waals surface area contributed by atoms with Crippen LogP contribution in [0.25, 0.3) is 0 Å². The molecule has 2 N–H and O–H groups in total. The Morgan fingerprint density at radius 2 is 1.86 bits per heavy atom. The summed E-state index contributed by atoms with van der Waals surface area (Å²) < 4.78 is 21.2. The second-order valence-corrected chi connectivity index (χ2v) is 7.75. The highest BCUT2D eigenvalue weighted by atomic mass is 16.6. The van der Waals surface area contributed by atoms with Crippen LogP contribution in [0.15, 0.2) is 53.6 Å². The van der Waals surface area contributed by atoms with Gasteiger partial charge in [-0.2, -0.15) is 20.1 Å². The Kier molecular flexibility index (Phi) is 9.02. The highest BCUT2D eigenvalue weighted by Crippen LogP contribution is 2.27. The minimum absolute atomic E-state index is 0.227. The molecule has 2 heterocycles. The number of ether oxygens (including phenoxy) is 4. The largest absolute Gasteiger partial charge is 0.493 e. The molecule has 0 bridgehead atoms. The van der Waals surface area contributed by atoms with E-state index in [2.05, 4.69) is 30.8 Å². The zero-order valence-corrected chi connectivity index (χ0v) is 20.7. The summed E-state index contributed by atoms with van der Waals surface area (Å²) in [5.41, 5.74) is 4.43. The van der Waals surface area contributed by atoms with Crippen LogP contribution in [-0.2, 0) is 14.3 Å². The summed E-state index contributed by atoms with van der Waals surface area (Å²) in [6.07, 6.45) is 1.58. The highest BCUT2D eigenvalue weighted by molar-refractivity contribution is 5.81. The van der Waals surface area contributed by atoms with Crippen molar-refractivity contribution < 1.29 is 23.7 Å². The molecule has 0 amide bonds. The van der Waals surface area contributed by atoms with Gasteiger partial charge in [-0.05, 0) is 42.8 Å². The van der Waals surface area contributed by atoms with E-state index >= 15 is 0 Å². The summed E-state index contributed by atoms with van der Waals surface area (Å²) in [6, 6.07) is 14.9. The fraction of sp³-hybridized carbons (Fsp3) is 0.320. The van der Waals surface area contributed by atoms with Gasteiger partial charge in [0, 0.05) is 18.8 Å². The molecule has 37 heavy (non-hydrogen) atoms. The predicted octanol–water partition coefficient (Wildman–Crippen LogP) is 2.85. The third-order valence-electron chi connectivity index (χ3n) is 5.16. The fourth-order valence-electron chi connectivity index (χ4n) is 3.42. The maximum absolute atomic E-state index is 11.7. The standard InChI is InChI=1S/C25H29N7O5/c1-3-36-22(33)17-37-21-15-18(9-10-20(21)34-2)16-26-31-24-28-23(27-19-7-5-4-6-8-19)29-25(30-24)32-11-13-35-14-12-32/h4-10,15-16H,3,11-14,17H2,1-2H3,(H2,27,28,29,30,31)/b26-16+. The number of para-hydroxylation sites is 1. The van der Waals surface area contributed by atoms with Crippen LogP contribution in [0.3, 0.4) is 0 Å². The van der Waals surface area contributed by atoms with Gasteiger partial charge in [-0.15, -0.1) is 0 Å². The van der Waals surface area contributed by atoms with Crippen molar-refractivity contribution in [2.45, 2.75) is 6.92 Å². The number of carbonyl (C=O) groups excluding carboxylic acids is 1. The van der Waals surface area contributed by atoms with E-state index in [9.17, 15) is 4.79 Å². The van der Waals surface area contributed by atoms with Crippen LogP contribution in [0.4, 0.5) is 23.5 Å². The van der Waals surface area contributed by atoms with Gasteiger partial charge in [0.2, 0.25) is 17.8 Å². The van der Waals surface area contributed by atoms with Crippen molar-refractivity contribution in [1.82, 2.24) is 15.0 Å². The molecule has 0 saturated carbocycles. The number of hydrogen-bond donors (Lipinski definition) is 2. The van der Waals surface area contributed by atoms with E-state index in [0.29, 0.717) is 55.3 Å². The Morgan fingerprint density at radius 3 is 2.62 bits per heavy atom. The molecule has 1 aliphatic heterocycles. The second-order valence-electron chi connectivity index (χ2n) is 7.75. The average Bonchev–Trinajstić information content (AvgIpc) is 2.93. The summed E-state index contributed by atoms with van der Waals surface area (Å²) in [7, 11) is 1.52. The highest BCUT2D eigenvalue weighted by Gasteiger charge is 2.17. The third kappa shape index (κ3) is 7.51. The molecule has 0 unspecified atom stereocenters. The Morgan fingerprint density at radius 1 is 1.08 bits per heavy atom. The maximum atomic E-state index is 11.7. The molecule has 0 spiro atoms. The number of hydrazone groups is 1. The lowest BCUT2D eigenvalue weighted by Crippen LogP contribution is -2.37. The molecule has 4 rings (SSSR count). The van der Waals surface area contributed by atoms with Crippen molar-refractivity contribution >= 4 is 35.7 Å². The number of esters is 1. The number of anilines is 4. The quantitative estimate of drug-likeness (QED) is 0.225. The molecule has 1 saturated heterocycles. The first-order chi connectivity index (χ1) is 18.1. The van der Waals surface area contributed by atoms with Gasteiger partial charge < -0.3 is 29.2 Å². The topological polar surface area (TPSA) is 132 Å². The number of benzene rings is 2. The van der Waals surface area contributed by atoms with Crippen LogP contribution < -0.4 is 25.1 Å². The maximum Gasteiger partial charge on any atom is 0.344 e. The Labute approximate surface area is 214 Å². The van der Waals surface area contributed by atoms with E-state index in [4.69, 9.17) is 18.9 Å². The molecule has 1 aliphatic rings. The lowest BCUT2D eigenvalue weighted by Gasteiger charge is -2.27. The zero-order valence-electron chi connectivity index (χ0n) is 20.7. The number of methoxy groups -OCH3 is 1. The number of morpholine rings is 1. The fourth-order valence-corrected chi connectivity index (χ4v) is 3.42. The molecule has 1 fully saturated rings. The van der Waals surface area contributed by atoms with E-state index in [1.54, 1.807) is 31.3 Å². The SMILES string of the molecule is CCOC(=O)COc1cc(/C=N/Nc2nc(Nc3ccccc3)nc(N3CCOCC3)n2)ccc1OC. The lowest BCUT2D eigenvalue weighted by molar-refractivity contribution is -0.145. The molecule has 3 aromatic rings. The van der Waals surface area contributed by atoms with Crippen molar-refractivity contribution in [2.75, 3.05) is 62.3 Å². The smallest absolute Gasteiger partial charge is 0.344 e. The number of hydrogen-bond acceptors (Lipinski definition) is 12. The van der Waals surface area contributed by atoms with Crippen LogP contribution in [0.2, 0.25) is 0 Å². The van der Waals surface area contributed by atoms with Crippen LogP contribution in [-0.4, -0.2) is 73.8 Å². The van der Waals surface area contributed by atoms with Crippen LogP contribution >= 0.6 is 0 Å². The molecule has 1 aromatic heterocycles. The van der Waals surface area contributed by atoms with Gasteiger partial charge in [0.25, 0.3) is 0 Å². The van der Waals surface area contributed by atoms with Gasteiger partial charge in [0.15, 0.2) is 18.1 Å². The first-order valence-electron chi connectivity index (χ1n) is 11.8. The second kappa shape index (κ2) is 13.0. The molecule has 0 atom stereocenters. The summed E-state index contributed by atoms with van der Waals surface area (Å²) in [5, 5.41) is 7.48. The number of nitrogens with one attached hydrogen (secondary N) is 2.